The van der Waals surface area contributed by atoms with Crippen LogP contribution in [0.3, 0.4) is 0 Å². The van der Waals surface area contributed by atoms with Crippen LogP contribution in [0.1, 0.15) is 44.2 Å². The number of nitrogens with zero attached hydrogens (tertiary/aromatic N) is 2. The first-order valence-electron chi connectivity index (χ1n) is 12.1. The van der Waals surface area contributed by atoms with E-state index in [1.165, 1.54) is 5.56 Å². The Balaban J connectivity index is 1.62. The van der Waals surface area contributed by atoms with E-state index in [9.17, 15) is 10.1 Å². The van der Waals surface area contributed by atoms with Gasteiger partial charge < -0.3 is 9.64 Å². The van der Waals surface area contributed by atoms with Gasteiger partial charge >= 0.3 is 5.97 Å². The standard InChI is InChI=1S/C28H34Cl2N2O2/c1-3-34-27(33)24(18-23-9-10-25(29)26(30)19-23)28(2,20-31)13-16-32-14-11-22(12-15-32)17-21-7-5-4-6-8-21/h4-10,19,22,24H,3,11-18H2,1-2H3. The van der Waals surface area contributed by atoms with Crippen molar-refractivity contribution in [2.24, 2.45) is 17.3 Å². The second-order valence-electron chi connectivity index (χ2n) is 9.51. The third kappa shape index (κ3) is 7.22. The molecule has 1 heterocycles. The monoisotopic (exact) mass is 500 g/mol. The lowest BCUT2D eigenvalue weighted by atomic mass is 9.72. The normalized spacial score (nSPS) is 17.5. The third-order valence-electron chi connectivity index (χ3n) is 7.04. The van der Waals surface area contributed by atoms with Crippen molar-refractivity contribution >= 4 is 29.2 Å². The van der Waals surface area contributed by atoms with E-state index >= 15 is 0 Å². The molecule has 182 valence electrons. The summed E-state index contributed by atoms with van der Waals surface area (Å²) in [6, 6.07) is 18.5. The number of piperidine rings is 1. The lowest BCUT2D eigenvalue weighted by Gasteiger charge is -2.36. The molecule has 2 aromatic rings. The minimum absolute atomic E-state index is 0.285. The predicted octanol–water partition coefficient (Wildman–Crippen LogP) is 6.59. The van der Waals surface area contributed by atoms with Gasteiger partial charge in [0, 0.05) is 0 Å². The molecule has 0 radical (unpaired) electrons. The van der Waals surface area contributed by atoms with Crippen LogP contribution in [-0.2, 0) is 22.4 Å². The zero-order valence-electron chi connectivity index (χ0n) is 20.1. The second-order valence-corrected chi connectivity index (χ2v) is 10.3. The SMILES string of the molecule is CCOC(=O)C(Cc1ccc(Cl)c(Cl)c1)C(C)(C#N)CCN1CCC(Cc2ccccc2)CC1. The predicted molar refractivity (Wildman–Crippen MR) is 138 cm³/mol. The highest BCUT2D eigenvalue weighted by Gasteiger charge is 2.41. The van der Waals surface area contributed by atoms with Gasteiger partial charge in [0.25, 0.3) is 0 Å². The molecule has 4 nitrogen and oxygen atoms in total. The number of halogens is 2. The summed E-state index contributed by atoms with van der Waals surface area (Å²) in [6.45, 7) is 6.80. The zero-order chi connectivity index (χ0) is 24.6. The highest BCUT2D eigenvalue weighted by atomic mass is 35.5. The molecule has 0 aromatic heterocycles. The van der Waals surface area contributed by atoms with Gasteiger partial charge in [0.1, 0.15) is 0 Å². The Morgan fingerprint density at radius 2 is 1.85 bits per heavy atom. The Labute approximate surface area is 213 Å². The lowest BCUT2D eigenvalue weighted by Crippen LogP contribution is -2.41. The number of benzene rings is 2. The fourth-order valence-corrected chi connectivity index (χ4v) is 5.09. The number of rotatable bonds is 10. The van der Waals surface area contributed by atoms with Gasteiger partial charge in [-0.25, -0.2) is 0 Å². The number of nitriles is 1. The molecule has 1 aliphatic heterocycles. The number of hydrogen-bond acceptors (Lipinski definition) is 4. The highest BCUT2D eigenvalue weighted by Crippen LogP contribution is 2.36. The Kier molecular flexibility index (Phi) is 9.83. The number of ether oxygens (including phenoxy) is 1. The molecule has 2 unspecified atom stereocenters. The molecular weight excluding hydrogens is 467 g/mol. The number of esters is 1. The maximum absolute atomic E-state index is 12.9. The molecule has 0 aliphatic carbocycles. The van der Waals surface area contributed by atoms with Crippen molar-refractivity contribution in [1.29, 1.82) is 5.26 Å². The topological polar surface area (TPSA) is 53.3 Å². The fraction of sp³-hybridized carbons (Fsp3) is 0.500. The van der Waals surface area contributed by atoms with Gasteiger partial charge in [-0.05, 0) is 94.8 Å². The van der Waals surface area contributed by atoms with Crippen molar-refractivity contribution in [3.63, 3.8) is 0 Å². The minimum Gasteiger partial charge on any atom is -0.466 e. The molecule has 1 fully saturated rings. The van der Waals surface area contributed by atoms with E-state index in [1.807, 2.05) is 13.0 Å². The van der Waals surface area contributed by atoms with Crippen LogP contribution >= 0.6 is 23.2 Å². The average Bonchev–Trinajstić information content (AvgIpc) is 2.85. The summed E-state index contributed by atoms with van der Waals surface area (Å²) in [4.78, 5) is 15.4. The van der Waals surface area contributed by atoms with Gasteiger partial charge in [0.2, 0.25) is 0 Å². The van der Waals surface area contributed by atoms with Crippen molar-refractivity contribution < 1.29 is 9.53 Å². The molecule has 1 saturated heterocycles. The van der Waals surface area contributed by atoms with Crippen LogP contribution in [0, 0.1) is 28.6 Å². The molecule has 1 aliphatic rings. The molecule has 0 bridgehead atoms. The van der Waals surface area contributed by atoms with Crippen molar-refractivity contribution in [3.05, 3.63) is 69.7 Å². The lowest BCUT2D eigenvalue weighted by molar-refractivity contribution is -0.151. The number of likely N-dealkylation sites (tertiary alicyclic amines) is 1. The molecule has 0 spiro atoms. The fourth-order valence-electron chi connectivity index (χ4n) is 4.77. The molecule has 0 saturated carbocycles. The molecule has 3 rings (SSSR count). The first-order chi connectivity index (χ1) is 16.3. The molecule has 34 heavy (non-hydrogen) atoms. The minimum atomic E-state index is -0.848. The van der Waals surface area contributed by atoms with E-state index in [4.69, 9.17) is 27.9 Å². The maximum atomic E-state index is 12.9. The van der Waals surface area contributed by atoms with Gasteiger partial charge in [0.15, 0.2) is 0 Å². The van der Waals surface area contributed by atoms with E-state index in [-0.39, 0.29) is 12.6 Å². The molecular formula is C28H34Cl2N2O2. The van der Waals surface area contributed by atoms with Crippen molar-refractivity contribution in [3.8, 4) is 6.07 Å². The summed E-state index contributed by atoms with van der Waals surface area (Å²) in [6.07, 6.45) is 4.43. The van der Waals surface area contributed by atoms with Gasteiger partial charge in [-0.15, -0.1) is 0 Å². The van der Waals surface area contributed by atoms with Crippen LogP contribution in [0.4, 0.5) is 0 Å². The largest absolute Gasteiger partial charge is 0.466 e. The van der Waals surface area contributed by atoms with E-state index in [1.54, 1.807) is 19.1 Å². The summed E-state index contributed by atoms with van der Waals surface area (Å²) in [5.74, 6) is -0.215. The summed E-state index contributed by atoms with van der Waals surface area (Å²) >= 11 is 12.2. The third-order valence-corrected chi connectivity index (χ3v) is 7.78. The van der Waals surface area contributed by atoms with Crippen LogP contribution in [0.5, 0.6) is 0 Å². The first-order valence-corrected chi connectivity index (χ1v) is 12.9. The Morgan fingerprint density at radius 1 is 1.15 bits per heavy atom. The first kappa shape index (κ1) is 26.5. The quantitative estimate of drug-likeness (QED) is 0.345. The molecule has 6 heteroatoms. The van der Waals surface area contributed by atoms with Crippen LogP contribution in [0.2, 0.25) is 10.0 Å². The van der Waals surface area contributed by atoms with Gasteiger partial charge in [-0.3, -0.25) is 4.79 Å². The Hall–Kier alpha value is -2.06. The van der Waals surface area contributed by atoms with E-state index in [0.29, 0.717) is 28.8 Å². The zero-order valence-corrected chi connectivity index (χ0v) is 21.6. The number of hydrogen-bond donors (Lipinski definition) is 0. The maximum Gasteiger partial charge on any atom is 0.310 e. The van der Waals surface area contributed by atoms with Crippen LogP contribution in [-0.4, -0.2) is 37.1 Å². The highest BCUT2D eigenvalue weighted by molar-refractivity contribution is 6.42. The van der Waals surface area contributed by atoms with E-state index in [2.05, 4.69) is 41.3 Å². The van der Waals surface area contributed by atoms with Crippen molar-refractivity contribution in [1.82, 2.24) is 4.90 Å². The van der Waals surface area contributed by atoms with E-state index < -0.39 is 11.3 Å². The van der Waals surface area contributed by atoms with Crippen molar-refractivity contribution in [2.45, 2.75) is 46.0 Å². The number of carbonyl (C=O) groups is 1. The number of carbonyl (C=O) groups excluding carboxylic acids is 1. The molecule has 0 amide bonds. The summed E-state index contributed by atoms with van der Waals surface area (Å²) < 4.78 is 5.38. The second kappa shape index (κ2) is 12.6. The van der Waals surface area contributed by atoms with Crippen LogP contribution < -0.4 is 0 Å². The summed E-state index contributed by atoms with van der Waals surface area (Å²) in [7, 11) is 0. The Morgan fingerprint density at radius 3 is 2.47 bits per heavy atom. The Bertz CT molecular complexity index is 984. The van der Waals surface area contributed by atoms with Crippen LogP contribution in [0.15, 0.2) is 48.5 Å². The molecule has 2 atom stereocenters. The van der Waals surface area contributed by atoms with Gasteiger partial charge in [-0.1, -0.05) is 59.6 Å². The summed E-state index contributed by atoms with van der Waals surface area (Å²) in [5.41, 5.74) is 1.42. The van der Waals surface area contributed by atoms with E-state index in [0.717, 1.165) is 44.5 Å². The van der Waals surface area contributed by atoms with Crippen molar-refractivity contribution in [2.75, 3.05) is 26.2 Å². The van der Waals surface area contributed by atoms with Gasteiger partial charge in [0.05, 0.1) is 34.1 Å². The van der Waals surface area contributed by atoms with Gasteiger partial charge in [-0.2, -0.15) is 5.26 Å². The smallest absolute Gasteiger partial charge is 0.310 e. The molecule has 0 N–H and O–H groups in total. The average molecular weight is 501 g/mol. The van der Waals surface area contributed by atoms with Crippen LogP contribution in [0.25, 0.3) is 0 Å². The molecule has 2 aromatic carbocycles. The summed E-state index contributed by atoms with van der Waals surface area (Å²) in [5, 5.41) is 11.1.